The number of amides is 2. The summed E-state index contributed by atoms with van der Waals surface area (Å²) in [5, 5.41) is 4.34. The average molecular weight is 476 g/mol. The van der Waals surface area contributed by atoms with Crippen molar-refractivity contribution in [3.8, 4) is 0 Å². The van der Waals surface area contributed by atoms with Crippen LogP contribution in [0.1, 0.15) is 20.0 Å². The van der Waals surface area contributed by atoms with Crippen molar-refractivity contribution in [3.63, 3.8) is 0 Å². The van der Waals surface area contributed by atoms with E-state index in [0.717, 1.165) is 40.1 Å². The van der Waals surface area contributed by atoms with E-state index < -0.39 is 0 Å². The van der Waals surface area contributed by atoms with Gasteiger partial charge in [-0.15, -0.1) is 11.3 Å². The van der Waals surface area contributed by atoms with Crippen LogP contribution in [0.4, 0.5) is 11.4 Å². The number of benzene rings is 3. The molecule has 2 amide bonds. The molecule has 0 radical (unpaired) electrons. The number of hydrogen-bond acceptors (Lipinski definition) is 4. The number of thiophene rings is 1. The number of nitrogens with one attached hydrogen (secondary N) is 1. The van der Waals surface area contributed by atoms with Gasteiger partial charge in [0.05, 0.1) is 5.02 Å². The first kappa shape index (κ1) is 21.5. The standard InChI is InChI=1S/C26H22ClN3O2S/c27-23-21-8-4-5-9-22(21)33-24(23)25(31)28-19-10-12-20(13-11-19)29-14-16-30(17-15-29)26(32)18-6-2-1-3-7-18/h1-13H,14-17H2,(H,28,31). The molecule has 0 spiro atoms. The van der Waals surface area contributed by atoms with Gasteiger partial charge >= 0.3 is 0 Å². The Bertz CT molecular complexity index is 1300. The highest BCUT2D eigenvalue weighted by Gasteiger charge is 2.22. The van der Waals surface area contributed by atoms with Gasteiger partial charge in [-0.3, -0.25) is 9.59 Å². The molecular weight excluding hydrogens is 454 g/mol. The van der Waals surface area contributed by atoms with E-state index in [1.807, 2.05) is 83.8 Å². The van der Waals surface area contributed by atoms with Gasteiger partial charge in [0.1, 0.15) is 4.88 Å². The number of fused-ring (bicyclic) bond motifs is 1. The van der Waals surface area contributed by atoms with Gasteiger partial charge in [-0.2, -0.15) is 0 Å². The molecule has 1 aliphatic heterocycles. The van der Waals surface area contributed by atoms with Crippen LogP contribution in [0.5, 0.6) is 0 Å². The Morgan fingerprint density at radius 3 is 2.18 bits per heavy atom. The van der Waals surface area contributed by atoms with Crippen molar-refractivity contribution in [2.24, 2.45) is 0 Å². The van der Waals surface area contributed by atoms with Crippen molar-refractivity contribution in [2.45, 2.75) is 0 Å². The zero-order valence-electron chi connectivity index (χ0n) is 17.8. The van der Waals surface area contributed by atoms with Crippen molar-refractivity contribution >= 4 is 56.2 Å². The molecule has 5 nitrogen and oxygen atoms in total. The molecule has 0 bridgehead atoms. The first-order valence-corrected chi connectivity index (χ1v) is 12.0. The molecule has 3 aromatic carbocycles. The van der Waals surface area contributed by atoms with Crippen molar-refractivity contribution < 1.29 is 9.59 Å². The minimum absolute atomic E-state index is 0.0770. The topological polar surface area (TPSA) is 52.7 Å². The second-order valence-corrected chi connectivity index (χ2v) is 9.32. The lowest BCUT2D eigenvalue weighted by molar-refractivity contribution is 0.0746. The third-order valence-corrected chi connectivity index (χ3v) is 7.49. The van der Waals surface area contributed by atoms with Gasteiger partial charge in [-0.25, -0.2) is 0 Å². The van der Waals surface area contributed by atoms with Crippen LogP contribution in [0.2, 0.25) is 5.02 Å². The third-order valence-electron chi connectivity index (χ3n) is 5.82. The Morgan fingerprint density at radius 2 is 1.48 bits per heavy atom. The first-order valence-electron chi connectivity index (χ1n) is 10.8. The zero-order chi connectivity index (χ0) is 22.8. The highest BCUT2D eigenvalue weighted by molar-refractivity contribution is 7.21. The normalized spacial score (nSPS) is 13.8. The Kier molecular flexibility index (Phi) is 6.03. The van der Waals surface area contributed by atoms with E-state index in [1.165, 1.54) is 11.3 Å². The highest BCUT2D eigenvalue weighted by atomic mass is 35.5. The van der Waals surface area contributed by atoms with Crippen molar-refractivity contribution in [1.82, 2.24) is 4.90 Å². The number of hydrogen-bond donors (Lipinski definition) is 1. The maximum atomic E-state index is 12.8. The molecule has 1 N–H and O–H groups in total. The summed E-state index contributed by atoms with van der Waals surface area (Å²) in [5.74, 6) is -0.129. The summed E-state index contributed by atoms with van der Waals surface area (Å²) in [6, 6.07) is 24.9. The van der Waals surface area contributed by atoms with E-state index in [0.29, 0.717) is 23.0 Å². The molecule has 33 heavy (non-hydrogen) atoms. The second kappa shape index (κ2) is 9.25. The van der Waals surface area contributed by atoms with Crippen LogP contribution < -0.4 is 10.2 Å². The monoisotopic (exact) mass is 475 g/mol. The van der Waals surface area contributed by atoms with E-state index >= 15 is 0 Å². The number of carbonyl (C=O) groups excluding carboxylic acids is 2. The predicted octanol–water partition coefficient (Wildman–Crippen LogP) is 5.77. The van der Waals surface area contributed by atoms with Gasteiger partial charge in [0.25, 0.3) is 11.8 Å². The Labute approximate surface area is 201 Å². The summed E-state index contributed by atoms with van der Waals surface area (Å²) in [4.78, 5) is 30.1. The quantitative estimate of drug-likeness (QED) is 0.407. The van der Waals surface area contributed by atoms with Gasteiger partial charge in [0.2, 0.25) is 0 Å². The van der Waals surface area contributed by atoms with Gasteiger partial charge < -0.3 is 15.1 Å². The number of anilines is 2. The van der Waals surface area contributed by atoms with Gasteiger partial charge in [0, 0.05) is 53.2 Å². The molecule has 2 heterocycles. The lowest BCUT2D eigenvalue weighted by atomic mass is 10.1. The average Bonchev–Trinajstić information content (AvgIpc) is 3.21. The summed E-state index contributed by atoms with van der Waals surface area (Å²) in [6.45, 7) is 2.89. The molecule has 0 saturated carbocycles. The van der Waals surface area contributed by atoms with Crippen LogP contribution in [0.15, 0.2) is 78.9 Å². The molecule has 166 valence electrons. The van der Waals surface area contributed by atoms with Crippen LogP contribution in [-0.4, -0.2) is 42.9 Å². The summed E-state index contributed by atoms with van der Waals surface area (Å²) in [5.41, 5.74) is 2.51. The zero-order valence-corrected chi connectivity index (χ0v) is 19.4. The molecule has 4 aromatic rings. The third kappa shape index (κ3) is 4.45. The number of halogens is 1. The lowest BCUT2D eigenvalue weighted by Crippen LogP contribution is -2.48. The highest BCUT2D eigenvalue weighted by Crippen LogP contribution is 2.35. The van der Waals surface area contributed by atoms with Gasteiger partial charge in [-0.1, -0.05) is 48.0 Å². The van der Waals surface area contributed by atoms with E-state index in [-0.39, 0.29) is 11.8 Å². The smallest absolute Gasteiger partial charge is 0.267 e. The molecule has 1 saturated heterocycles. The summed E-state index contributed by atoms with van der Waals surface area (Å²) in [7, 11) is 0. The SMILES string of the molecule is O=C(Nc1ccc(N2CCN(C(=O)c3ccccc3)CC2)cc1)c1sc2ccccc2c1Cl. The van der Waals surface area contributed by atoms with Crippen molar-refractivity contribution in [2.75, 3.05) is 36.4 Å². The molecule has 1 aliphatic rings. The lowest BCUT2D eigenvalue weighted by Gasteiger charge is -2.36. The van der Waals surface area contributed by atoms with E-state index in [1.54, 1.807) is 0 Å². The largest absolute Gasteiger partial charge is 0.368 e. The molecular formula is C26H22ClN3O2S. The number of rotatable bonds is 4. The van der Waals surface area contributed by atoms with E-state index in [2.05, 4.69) is 10.2 Å². The molecule has 0 atom stereocenters. The second-order valence-electron chi connectivity index (χ2n) is 7.89. The van der Waals surface area contributed by atoms with Crippen molar-refractivity contribution in [1.29, 1.82) is 0 Å². The Morgan fingerprint density at radius 1 is 0.818 bits per heavy atom. The molecule has 1 aromatic heterocycles. The predicted molar refractivity (Wildman–Crippen MR) is 136 cm³/mol. The summed E-state index contributed by atoms with van der Waals surface area (Å²) in [6.07, 6.45) is 0. The molecule has 0 unspecified atom stereocenters. The fraction of sp³-hybridized carbons (Fsp3) is 0.154. The van der Waals surface area contributed by atoms with Crippen LogP contribution in [0, 0.1) is 0 Å². The van der Waals surface area contributed by atoms with Crippen LogP contribution in [-0.2, 0) is 0 Å². The van der Waals surface area contributed by atoms with Gasteiger partial charge in [-0.05, 0) is 42.5 Å². The molecule has 5 rings (SSSR count). The molecule has 1 fully saturated rings. The minimum Gasteiger partial charge on any atom is -0.368 e. The Balaban J connectivity index is 1.21. The van der Waals surface area contributed by atoms with Crippen molar-refractivity contribution in [3.05, 3.63) is 94.3 Å². The number of piperazine rings is 1. The molecule has 0 aliphatic carbocycles. The fourth-order valence-corrected chi connectivity index (χ4v) is 5.45. The first-order chi connectivity index (χ1) is 16.1. The maximum Gasteiger partial charge on any atom is 0.267 e. The van der Waals surface area contributed by atoms with Gasteiger partial charge in [0.15, 0.2) is 0 Å². The summed E-state index contributed by atoms with van der Waals surface area (Å²) < 4.78 is 0.993. The van der Waals surface area contributed by atoms with Crippen LogP contribution in [0.3, 0.4) is 0 Å². The maximum absolute atomic E-state index is 12.8. The number of nitrogens with zero attached hydrogens (tertiary/aromatic N) is 2. The molecule has 7 heteroatoms. The minimum atomic E-state index is -0.206. The van der Waals surface area contributed by atoms with E-state index in [4.69, 9.17) is 11.6 Å². The number of carbonyl (C=O) groups is 2. The van der Waals surface area contributed by atoms with Crippen LogP contribution in [0.25, 0.3) is 10.1 Å². The fourth-order valence-electron chi connectivity index (χ4n) is 4.03. The summed E-state index contributed by atoms with van der Waals surface area (Å²) >= 11 is 7.83. The Hall–Kier alpha value is -3.35. The van der Waals surface area contributed by atoms with E-state index in [9.17, 15) is 9.59 Å². The van der Waals surface area contributed by atoms with Crippen LogP contribution >= 0.6 is 22.9 Å².